The Kier molecular flexibility index (Phi) is 14.2. The molecule has 1 aromatic heterocycles. The molecule has 1 aliphatic carbocycles. The lowest BCUT2D eigenvalue weighted by Crippen LogP contribution is -2.29. The molecule has 1 unspecified atom stereocenters. The third-order valence-corrected chi connectivity index (χ3v) is 8.92. The van der Waals surface area contributed by atoms with Gasteiger partial charge in [-0.15, -0.1) is 10.2 Å². The Bertz CT molecular complexity index is 1800. The van der Waals surface area contributed by atoms with Crippen molar-refractivity contribution < 1.29 is 23.3 Å². The first-order chi connectivity index (χ1) is 24.3. The van der Waals surface area contributed by atoms with Crippen LogP contribution in [0, 0.1) is 18.7 Å². The van der Waals surface area contributed by atoms with Crippen LogP contribution in [0.25, 0.3) is 5.57 Å². The van der Waals surface area contributed by atoms with Gasteiger partial charge in [0.15, 0.2) is 23.8 Å². The SMILES string of the molecule is CC.CC.CC/C(C)=C/C(=C\C=C(/C)C(=O)N(C)CC1=C2C[N+]2(C)C=C1)c1cc(F)cc(Nc2cc(NC(=O)C3CC3)nnc2C(=O)NC)c1C. The minimum absolute atomic E-state index is 0.00396. The maximum absolute atomic E-state index is 15.3. The van der Waals surface area contributed by atoms with E-state index in [1.165, 1.54) is 36.5 Å². The van der Waals surface area contributed by atoms with Crippen LogP contribution in [0.3, 0.4) is 0 Å². The lowest BCUT2D eigenvalue weighted by molar-refractivity contribution is -0.695. The largest absolute Gasteiger partial charge is 0.354 e. The zero-order valence-corrected chi connectivity index (χ0v) is 32.1. The highest BCUT2D eigenvalue weighted by molar-refractivity contribution is 6.00. The molecular weight excluding hydrogens is 645 g/mol. The number of amides is 3. The van der Waals surface area contributed by atoms with Crippen LogP contribution in [0.4, 0.5) is 21.6 Å². The molecule has 10 nitrogen and oxygen atoms in total. The summed E-state index contributed by atoms with van der Waals surface area (Å²) in [5.41, 5.74) is 6.89. The summed E-state index contributed by atoms with van der Waals surface area (Å²) in [5, 5.41) is 16.5. The van der Waals surface area contributed by atoms with E-state index in [4.69, 9.17) is 0 Å². The summed E-state index contributed by atoms with van der Waals surface area (Å²) >= 11 is 0. The first-order valence-electron chi connectivity index (χ1n) is 17.9. The van der Waals surface area contributed by atoms with Crippen LogP contribution >= 0.6 is 0 Å². The summed E-state index contributed by atoms with van der Waals surface area (Å²) in [7, 11) is 5.43. The van der Waals surface area contributed by atoms with E-state index in [1.807, 2.05) is 60.6 Å². The van der Waals surface area contributed by atoms with E-state index in [2.05, 4.69) is 45.5 Å². The van der Waals surface area contributed by atoms with E-state index in [9.17, 15) is 14.4 Å². The fraction of sp³-hybridized carbons (Fsp3) is 0.425. The van der Waals surface area contributed by atoms with Gasteiger partial charge in [-0.05, 0) is 68.9 Å². The summed E-state index contributed by atoms with van der Waals surface area (Å²) in [4.78, 5) is 40.1. The summed E-state index contributed by atoms with van der Waals surface area (Å²) in [6.07, 6.45) is 12.3. The summed E-state index contributed by atoms with van der Waals surface area (Å²) < 4.78 is 16.2. The third-order valence-electron chi connectivity index (χ3n) is 8.92. The number of carbonyl (C=O) groups excluding carboxylic acids is 3. The molecule has 51 heavy (non-hydrogen) atoms. The van der Waals surface area contributed by atoms with Crippen molar-refractivity contribution in [1.82, 2.24) is 20.4 Å². The van der Waals surface area contributed by atoms with Crippen LogP contribution in [0.1, 0.15) is 89.3 Å². The van der Waals surface area contributed by atoms with Crippen LogP contribution in [0.15, 0.2) is 71.1 Å². The third kappa shape index (κ3) is 10.1. The van der Waals surface area contributed by atoms with Crippen molar-refractivity contribution in [2.75, 3.05) is 44.9 Å². The second-order valence-corrected chi connectivity index (χ2v) is 12.8. The second-order valence-electron chi connectivity index (χ2n) is 12.8. The molecule has 3 amide bonds. The van der Waals surface area contributed by atoms with Crippen LogP contribution in [0.2, 0.25) is 0 Å². The predicted octanol–water partition coefficient (Wildman–Crippen LogP) is 7.81. The number of nitrogens with zero attached hydrogens (tertiary/aromatic N) is 4. The molecule has 0 bridgehead atoms. The van der Waals surface area contributed by atoms with Gasteiger partial charge in [0.05, 0.1) is 19.3 Å². The standard InChI is InChI=1S/C36H42FN7O3.2C2H6/c1-8-21(2)15-25(10-9-22(3)36(47)43(6)19-26-13-14-44(7)20-31(26)44)28-16-27(37)17-29(23(28)4)39-30-18-32(40-34(45)24-11-12-24)41-42-33(30)35(46)38-5;2*1-2/h9-10,13-18,24H,8,11-12,19-20H2,1-7H3,(H2-,38,39,40,41,45,46);2*1-2H3/p+1/b21-15+,22-9+,25-10+;;. The van der Waals surface area contributed by atoms with Crippen molar-refractivity contribution in [3.8, 4) is 0 Å². The number of aromatic nitrogens is 2. The lowest BCUT2D eigenvalue weighted by atomic mass is 9.95. The van der Waals surface area contributed by atoms with Gasteiger partial charge in [-0.2, -0.15) is 0 Å². The molecule has 0 spiro atoms. The molecule has 3 N–H and O–H groups in total. The molecule has 1 saturated carbocycles. The first-order valence-corrected chi connectivity index (χ1v) is 17.9. The van der Waals surface area contributed by atoms with E-state index in [1.54, 1.807) is 24.9 Å². The summed E-state index contributed by atoms with van der Waals surface area (Å²) in [5.74, 6) is -1.08. The Labute approximate surface area is 302 Å². The highest BCUT2D eigenvalue weighted by Gasteiger charge is 2.50. The number of nitrogens with one attached hydrogen (secondary N) is 3. The average molecular weight is 701 g/mol. The van der Waals surface area contributed by atoms with Crippen LogP contribution in [-0.2, 0) is 9.59 Å². The molecule has 2 aromatic rings. The van der Waals surface area contributed by atoms with Crippen molar-refractivity contribution in [1.29, 1.82) is 0 Å². The maximum Gasteiger partial charge on any atom is 0.273 e. The Morgan fingerprint density at radius 1 is 1.04 bits per heavy atom. The van der Waals surface area contributed by atoms with E-state index >= 15 is 4.39 Å². The number of carbonyl (C=O) groups is 3. The molecule has 11 heteroatoms. The molecule has 1 aromatic carbocycles. The molecule has 1 saturated heterocycles. The number of benzene rings is 1. The van der Waals surface area contributed by atoms with Crippen LogP contribution < -0.4 is 16.0 Å². The predicted molar refractivity (Wildman–Crippen MR) is 205 cm³/mol. The summed E-state index contributed by atoms with van der Waals surface area (Å²) in [6, 6.07) is 4.33. The van der Waals surface area contributed by atoms with Crippen molar-refractivity contribution in [2.45, 2.75) is 74.7 Å². The quantitative estimate of drug-likeness (QED) is 0.0901. The van der Waals surface area contributed by atoms with Gasteiger partial charge in [0.2, 0.25) is 11.8 Å². The fourth-order valence-corrected chi connectivity index (χ4v) is 5.50. The van der Waals surface area contributed by atoms with Gasteiger partial charge in [-0.3, -0.25) is 18.9 Å². The van der Waals surface area contributed by atoms with Crippen molar-refractivity contribution in [3.05, 3.63) is 93.8 Å². The zero-order valence-electron chi connectivity index (χ0n) is 32.1. The molecule has 1 atom stereocenters. The number of anilines is 3. The van der Waals surface area contributed by atoms with Crippen molar-refractivity contribution in [3.63, 3.8) is 0 Å². The van der Waals surface area contributed by atoms with Gasteiger partial charge in [0.1, 0.15) is 12.0 Å². The number of hydrogen-bond acceptors (Lipinski definition) is 6. The normalized spacial score (nSPS) is 17.8. The van der Waals surface area contributed by atoms with Gasteiger partial charge < -0.3 is 20.9 Å². The lowest BCUT2D eigenvalue weighted by Gasteiger charge is -2.18. The number of halogens is 1. The van der Waals surface area contributed by atoms with E-state index in [-0.39, 0.29) is 34.9 Å². The number of hydrogen-bond donors (Lipinski definition) is 3. The minimum atomic E-state index is -0.492. The molecule has 3 heterocycles. The number of rotatable bonds is 12. The van der Waals surface area contributed by atoms with E-state index < -0.39 is 11.7 Å². The molecule has 3 aliphatic rings. The Balaban J connectivity index is 0.00000169. The highest BCUT2D eigenvalue weighted by Crippen LogP contribution is 2.41. The Morgan fingerprint density at radius 2 is 1.73 bits per heavy atom. The number of allylic oxidation sites excluding steroid dienone is 5. The molecule has 2 aliphatic heterocycles. The molecule has 2 fully saturated rings. The average Bonchev–Trinajstić information content (AvgIpc) is 4.07. The van der Waals surface area contributed by atoms with Gasteiger partial charge >= 0.3 is 0 Å². The molecule has 5 rings (SSSR count). The number of fused-ring (bicyclic) bond motifs is 1. The highest BCUT2D eigenvalue weighted by atomic mass is 19.1. The van der Waals surface area contributed by atoms with Gasteiger partial charge in [0.25, 0.3) is 5.91 Å². The van der Waals surface area contributed by atoms with Crippen LogP contribution in [0.5, 0.6) is 0 Å². The Morgan fingerprint density at radius 3 is 2.29 bits per heavy atom. The molecule has 0 radical (unpaired) electrons. The van der Waals surface area contributed by atoms with Crippen LogP contribution in [-0.4, -0.2) is 71.5 Å². The first kappa shape index (κ1) is 40.5. The smallest absolute Gasteiger partial charge is 0.273 e. The number of quaternary nitrogens is 1. The Hall–Kier alpha value is -4.90. The van der Waals surface area contributed by atoms with Gasteiger partial charge in [0, 0.05) is 49.0 Å². The van der Waals surface area contributed by atoms with Crippen molar-refractivity contribution >= 4 is 40.5 Å². The topological polar surface area (TPSA) is 116 Å². The van der Waals surface area contributed by atoms with Crippen molar-refractivity contribution in [2.24, 2.45) is 5.92 Å². The zero-order chi connectivity index (χ0) is 38.0. The maximum atomic E-state index is 15.3. The van der Waals surface area contributed by atoms with Gasteiger partial charge in [-0.25, -0.2) is 4.39 Å². The van der Waals surface area contributed by atoms with E-state index in [0.717, 1.165) is 41.4 Å². The molecule has 274 valence electrons. The number of likely N-dealkylation sites (N-methyl/N-ethyl adjacent to an activating group) is 2. The summed E-state index contributed by atoms with van der Waals surface area (Å²) in [6.45, 7) is 17.2. The van der Waals surface area contributed by atoms with E-state index in [0.29, 0.717) is 28.9 Å². The second kappa shape index (κ2) is 17.8. The fourth-order valence-electron chi connectivity index (χ4n) is 5.50. The minimum Gasteiger partial charge on any atom is -0.354 e. The molecular formula is C40H55FN7O3+. The van der Waals surface area contributed by atoms with Gasteiger partial charge in [-0.1, -0.05) is 58.4 Å². The monoisotopic (exact) mass is 700 g/mol.